The van der Waals surface area contributed by atoms with Gasteiger partial charge in [-0.2, -0.15) is 0 Å². The number of amides is 3. The molecular weight excluding hydrogens is 624 g/mol. The Labute approximate surface area is 268 Å². The van der Waals surface area contributed by atoms with E-state index in [9.17, 15) is 14.4 Å². The quantitative estimate of drug-likeness (QED) is 0.102. The van der Waals surface area contributed by atoms with E-state index in [1.54, 1.807) is 26.2 Å². The molecule has 0 saturated heterocycles. The highest BCUT2D eigenvalue weighted by atomic mass is 79.9. The van der Waals surface area contributed by atoms with Crippen molar-refractivity contribution in [3.63, 3.8) is 0 Å². The molecule has 238 valence electrons. The van der Waals surface area contributed by atoms with Gasteiger partial charge in [0.2, 0.25) is 17.7 Å². The fourth-order valence-electron chi connectivity index (χ4n) is 5.59. The Morgan fingerprint density at radius 1 is 1.00 bits per heavy atom. The van der Waals surface area contributed by atoms with Gasteiger partial charge < -0.3 is 32.7 Å². The SMILES string of the molecule is CN(C)C(=O)C(CCCN=C(N)N)NC(=O)C(NC(=O)C(Cc1ccc(C(=N)N)cc1)c1cccc(Br)c1)C1CCCCC1. The third-order valence-corrected chi connectivity index (χ3v) is 8.47. The van der Waals surface area contributed by atoms with Crippen LogP contribution < -0.4 is 27.8 Å². The number of likely N-dealkylation sites (N-methyl/N-ethyl adjacent to an activating group) is 1. The molecule has 9 N–H and O–H groups in total. The molecular formula is C32H45BrN8O3. The molecule has 1 fully saturated rings. The first-order valence-corrected chi connectivity index (χ1v) is 15.8. The van der Waals surface area contributed by atoms with Gasteiger partial charge in [0.05, 0.1) is 5.92 Å². The number of carbonyl (C=O) groups excluding carboxylic acids is 3. The molecule has 0 radical (unpaired) electrons. The van der Waals surface area contributed by atoms with Crippen molar-refractivity contribution in [1.29, 1.82) is 5.41 Å². The molecule has 1 saturated carbocycles. The van der Waals surface area contributed by atoms with E-state index in [1.807, 2.05) is 36.4 Å². The van der Waals surface area contributed by atoms with Crippen LogP contribution in [-0.2, 0) is 20.8 Å². The molecule has 2 aromatic carbocycles. The number of carbonyl (C=O) groups is 3. The van der Waals surface area contributed by atoms with Crippen LogP contribution in [0.5, 0.6) is 0 Å². The zero-order chi connectivity index (χ0) is 32.2. The van der Waals surface area contributed by atoms with Crippen molar-refractivity contribution in [2.24, 2.45) is 28.1 Å². The van der Waals surface area contributed by atoms with Crippen LogP contribution in [0.3, 0.4) is 0 Å². The summed E-state index contributed by atoms with van der Waals surface area (Å²) in [6.45, 7) is 0.333. The molecule has 3 rings (SSSR count). The van der Waals surface area contributed by atoms with Crippen molar-refractivity contribution < 1.29 is 14.4 Å². The molecule has 1 aliphatic rings. The van der Waals surface area contributed by atoms with Gasteiger partial charge in [0.25, 0.3) is 0 Å². The van der Waals surface area contributed by atoms with Crippen molar-refractivity contribution in [3.05, 3.63) is 69.7 Å². The van der Waals surface area contributed by atoms with Gasteiger partial charge >= 0.3 is 0 Å². The number of halogens is 1. The molecule has 1 aliphatic carbocycles. The number of nitrogen functional groups attached to an aromatic ring is 1. The van der Waals surface area contributed by atoms with Crippen molar-refractivity contribution in [1.82, 2.24) is 15.5 Å². The highest BCUT2D eigenvalue weighted by Gasteiger charge is 2.35. The Balaban J connectivity index is 1.88. The van der Waals surface area contributed by atoms with Crippen LogP contribution in [0.1, 0.15) is 67.6 Å². The minimum atomic E-state index is -0.798. The average Bonchev–Trinajstić information content (AvgIpc) is 3.00. The number of nitrogens with one attached hydrogen (secondary N) is 3. The molecule has 3 amide bonds. The van der Waals surface area contributed by atoms with Gasteiger partial charge in [-0.3, -0.25) is 24.8 Å². The lowest BCUT2D eigenvalue weighted by Gasteiger charge is -2.33. The second-order valence-electron chi connectivity index (χ2n) is 11.5. The number of nitrogens with zero attached hydrogens (tertiary/aromatic N) is 2. The summed E-state index contributed by atoms with van der Waals surface area (Å²) in [5, 5.41) is 13.7. The normalized spacial score (nSPS) is 15.3. The molecule has 0 heterocycles. The lowest BCUT2D eigenvalue weighted by Crippen LogP contribution is -2.56. The van der Waals surface area contributed by atoms with E-state index >= 15 is 0 Å². The van der Waals surface area contributed by atoms with Crippen molar-refractivity contribution >= 4 is 45.4 Å². The van der Waals surface area contributed by atoms with Gasteiger partial charge in [-0.15, -0.1) is 0 Å². The summed E-state index contributed by atoms with van der Waals surface area (Å²) in [6.07, 6.45) is 5.87. The average molecular weight is 670 g/mol. The van der Waals surface area contributed by atoms with E-state index in [2.05, 4.69) is 31.6 Å². The molecule has 0 spiro atoms. The highest BCUT2D eigenvalue weighted by molar-refractivity contribution is 9.10. The Hall–Kier alpha value is -3.93. The first kappa shape index (κ1) is 34.6. The maximum Gasteiger partial charge on any atom is 0.244 e. The van der Waals surface area contributed by atoms with Crippen LogP contribution in [0.4, 0.5) is 0 Å². The van der Waals surface area contributed by atoms with Crippen LogP contribution >= 0.6 is 15.9 Å². The summed E-state index contributed by atoms with van der Waals surface area (Å²) in [4.78, 5) is 46.5. The first-order valence-electron chi connectivity index (χ1n) is 15.0. The number of guanidine groups is 1. The number of hydrogen-bond acceptors (Lipinski definition) is 5. The predicted molar refractivity (Wildman–Crippen MR) is 177 cm³/mol. The zero-order valence-electron chi connectivity index (χ0n) is 25.5. The number of hydrogen-bond donors (Lipinski definition) is 6. The molecule has 11 nitrogen and oxygen atoms in total. The fraction of sp³-hybridized carbons (Fsp3) is 0.469. The van der Waals surface area contributed by atoms with E-state index in [1.165, 1.54) is 4.90 Å². The number of nitrogens with two attached hydrogens (primary N) is 3. The summed E-state index contributed by atoms with van der Waals surface area (Å²) in [7, 11) is 3.28. The lowest BCUT2D eigenvalue weighted by molar-refractivity contribution is -0.136. The summed E-state index contributed by atoms with van der Waals surface area (Å²) in [6, 6.07) is 13.3. The zero-order valence-corrected chi connectivity index (χ0v) is 27.1. The second-order valence-corrected chi connectivity index (χ2v) is 12.5. The number of amidine groups is 1. The fourth-order valence-corrected chi connectivity index (χ4v) is 6.01. The minimum absolute atomic E-state index is 0.0264. The van der Waals surface area contributed by atoms with Crippen molar-refractivity contribution in [3.8, 4) is 0 Å². The van der Waals surface area contributed by atoms with E-state index in [0.29, 0.717) is 31.4 Å². The number of benzene rings is 2. The standard InChI is InChI=1S/C32H45BrN8O3/c1-41(2)31(44)26(12-7-17-38-32(36)37)39-30(43)27(21-8-4-3-5-9-21)40-29(42)25(23-10-6-11-24(33)19-23)18-20-13-15-22(16-14-20)28(34)35/h6,10-11,13-16,19,21,25-27H,3-5,7-9,12,17-18H2,1-2H3,(H3,34,35)(H,39,43)(H,40,42)(H4,36,37,38). The summed E-state index contributed by atoms with van der Waals surface area (Å²) >= 11 is 3.52. The first-order chi connectivity index (χ1) is 21.0. The summed E-state index contributed by atoms with van der Waals surface area (Å²) in [5.41, 5.74) is 18.8. The third kappa shape index (κ3) is 10.4. The molecule has 0 aliphatic heterocycles. The maximum absolute atomic E-state index is 14.1. The van der Waals surface area contributed by atoms with Crippen molar-refractivity contribution in [2.45, 2.75) is 69.4 Å². The lowest BCUT2D eigenvalue weighted by atomic mass is 9.82. The smallest absolute Gasteiger partial charge is 0.244 e. The second kappa shape index (κ2) is 16.8. The monoisotopic (exact) mass is 668 g/mol. The van der Waals surface area contributed by atoms with Crippen LogP contribution in [0.2, 0.25) is 0 Å². The van der Waals surface area contributed by atoms with E-state index < -0.39 is 18.0 Å². The Morgan fingerprint density at radius 2 is 1.68 bits per heavy atom. The molecule has 12 heteroatoms. The Morgan fingerprint density at radius 3 is 2.27 bits per heavy atom. The Kier molecular flexibility index (Phi) is 13.2. The van der Waals surface area contributed by atoms with Crippen LogP contribution in [0, 0.1) is 11.3 Å². The van der Waals surface area contributed by atoms with Crippen LogP contribution in [0.15, 0.2) is 58.0 Å². The largest absolute Gasteiger partial charge is 0.384 e. The van der Waals surface area contributed by atoms with Gasteiger partial charge in [0.1, 0.15) is 17.9 Å². The van der Waals surface area contributed by atoms with Crippen LogP contribution in [0.25, 0.3) is 0 Å². The van der Waals surface area contributed by atoms with Gasteiger partial charge in [-0.1, -0.05) is 71.6 Å². The molecule has 2 aromatic rings. The number of rotatable bonds is 14. The molecule has 3 unspecified atom stereocenters. The minimum Gasteiger partial charge on any atom is -0.384 e. The van der Waals surface area contributed by atoms with Gasteiger partial charge in [0.15, 0.2) is 5.96 Å². The highest BCUT2D eigenvalue weighted by Crippen LogP contribution is 2.29. The van der Waals surface area contributed by atoms with Crippen molar-refractivity contribution in [2.75, 3.05) is 20.6 Å². The third-order valence-electron chi connectivity index (χ3n) is 7.97. The number of aliphatic imine (C=N–C) groups is 1. The molecule has 3 atom stereocenters. The summed E-state index contributed by atoms with van der Waals surface area (Å²) in [5.74, 6) is -1.58. The van der Waals surface area contributed by atoms with Crippen LogP contribution in [-0.4, -0.2) is 67.1 Å². The topological polar surface area (TPSA) is 193 Å². The summed E-state index contributed by atoms with van der Waals surface area (Å²) < 4.78 is 0.840. The van der Waals surface area contributed by atoms with Gasteiger partial charge in [-0.05, 0) is 61.3 Å². The molecule has 0 aromatic heterocycles. The van der Waals surface area contributed by atoms with E-state index in [4.69, 9.17) is 22.6 Å². The molecule has 44 heavy (non-hydrogen) atoms. The molecule has 0 bridgehead atoms. The van der Waals surface area contributed by atoms with Gasteiger partial charge in [0, 0.05) is 30.7 Å². The predicted octanol–water partition coefficient (Wildman–Crippen LogP) is 2.75. The maximum atomic E-state index is 14.1. The van der Waals surface area contributed by atoms with E-state index in [0.717, 1.165) is 47.7 Å². The van der Waals surface area contributed by atoms with E-state index in [-0.39, 0.29) is 35.4 Å². The van der Waals surface area contributed by atoms with Gasteiger partial charge in [-0.25, -0.2) is 0 Å². The Bertz CT molecular complexity index is 1320.